The number of primary amides is 1. The van der Waals surface area contributed by atoms with E-state index in [0.717, 1.165) is 0 Å². The van der Waals surface area contributed by atoms with E-state index in [4.69, 9.17) is 5.73 Å². The van der Waals surface area contributed by atoms with E-state index in [2.05, 4.69) is 10.3 Å². The number of nitro groups is 1. The minimum atomic E-state index is -0.517. The summed E-state index contributed by atoms with van der Waals surface area (Å²) >= 11 is 0. The molecule has 0 atom stereocenters. The van der Waals surface area contributed by atoms with Gasteiger partial charge in [0.2, 0.25) is 5.91 Å². The number of carbonyl (C=O) groups is 1. The third-order valence-corrected chi connectivity index (χ3v) is 2.32. The van der Waals surface area contributed by atoms with Crippen LogP contribution in [0.3, 0.4) is 0 Å². The second-order valence-corrected chi connectivity index (χ2v) is 3.56. The van der Waals surface area contributed by atoms with Crippen molar-refractivity contribution in [3.8, 4) is 0 Å². The molecule has 18 heavy (non-hydrogen) atoms. The Bertz CT molecular complexity index is 463. The number of carbonyl (C=O) groups excluding carboxylic acids is 1. The Hall–Kier alpha value is -2.38. The number of aromatic nitrogens is 1. The first kappa shape index (κ1) is 13.7. The number of likely N-dealkylation sites (N-methyl/N-ethyl adjacent to an activating group) is 1. The van der Waals surface area contributed by atoms with Gasteiger partial charge in [-0.1, -0.05) is 0 Å². The van der Waals surface area contributed by atoms with Crippen LogP contribution in [-0.4, -0.2) is 36.0 Å². The van der Waals surface area contributed by atoms with Gasteiger partial charge in [-0.25, -0.2) is 4.98 Å². The van der Waals surface area contributed by atoms with Gasteiger partial charge in [0.05, 0.1) is 23.6 Å². The fourth-order valence-electron chi connectivity index (χ4n) is 1.44. The van der Waals surface area contributed by atoms with Crippen molar-refractivity contribution in [2.24, 2.45) is 5.73 Å². The molecule has 0 saturated carbocycles. The molecule has 1 rings (SSSR count). The molecule has 0 fully saturated rings. The molecule has 8 heteroatoms. The van der Waals surface area contributed by atoms with Crippen LogP contribution in [0, 0.1) is 10.1 Å². The monoisotopic (exact) mass is 253 g/mol. The van der Waals surface area contributed by atoms with Gasteiger partial charge in [-0.15, -0.1) is 0 Å². The molecular formula is C10H15N5O3. The second kappa shape index (κ2) is 5.80. The van der Waals surface area contributed by atoms with Gasteiger partial charge in [0, 0.05) is 13.6 Å². The lowest BCUT2D eigenvalue weighted by molar-refractivity contribution is -0.384. The summed E-state index contributed by atoms with van der Waals surface area (Å²) in [7, 11) is 1.61. The molecule has 1 amide bonds. The van der Waals surface area contributed by atoms with Crippen LogP contribution in [0.5, 0.6) is 0 Å². The van der Waals surface area contributed by atoms with Crippen molar-refractivity contribution in [1.29, 1.82) is 0 Å². The number of hydrogen-bond donors (Lipinski definition) is 2. The summed E-state index contributed by atoms with van der Waals surface area (Å²) in [4.78, 5) is 26.9. The molecule has 98 valence electrons. The second-order valence-electron chi connectivity index (χ2n) is 3.56. The zero-order chi connectivity index (χ0) is 13.7. The Kier molecular flexibility index (Phi) is 4.41. The van der Waals surface area contributed by atoms with Crippen molar-refractivity contribution in [2.45, 2.75) is 6.92 Å². The topological polar surface area (TPSA) is 114 Å². The van der Waals surface area contributed by atoms with Gasteiger partial charge < -0.3 is 16.0 Å². The highest BCUT2D eigenvalue weighted by molar-refractivity contribution is 5.79. The molecule has 0 radical (unpaired) electrons. The van der Waals surface area contributed by atoms with Crippen LogP contribution in [0.15, 0.2) is 12.1 Å². The maximum atomic E-state index is 10.9. The highest BCUT2D eigenvalue weighted by Gasteiger charge is 2.15. The van der Waals surface area contributed by atoms with Crippen LogP contribution in [0.4, 0.5) is 17.3 Å². The largest absolute Gasteiger partial charge is 0.373 e. The minimum Gasteiger partial charge on any atom is -0.373 e. The standard InChI is InChI=1S/C10H15N5O3/c1-3-14(6-8(11)16)10-5-7(15(17)18)4-9(12-2)13-10/h4-5H,3,6H2,1-2H3,(H2,11,16)(H,12,13). The van der Waals surface area contributed by atoms with Crippen molar-refractivity contribution in [1.82, 2.24) is 4.98 Å². The number of pyridine rings is 1. The SMILES string of the molecule is CCN(CC(N)=O)c1cc([N+](=O)[O-])cc(NC)n1. The third kappa shape index (κ3) is 3.30. The number of nitrogens with zero attached hydrogens (tertiary/aromatic N) is 3. The minimum absolute atomic E-state index is 0.0339. The van der Waals surface area contributed by atoms with E-state index in [9.17, 15) is 14.9 Å². The van der Waals surface area contributed by atoms with Crippen molar-refractivity contribution in [2.75, 3.05) is 30.4 Å². The Morgan fingerprint density at radius 2 is 2.28 bits per heavy atom. The Balaban J connectivity index is 3.16. The van der Waals surface area contributed by atoms with Crippen molar-refractivity contribution in [3.63, 3.8) is 0 Å². The van der Waals surface area contributed by atoms with Gasteiger partial charge in [-0.3, -0.25) is 14.9 Å². The van der Waals surface area contributed by atoms with Crippen LogP contribution in [0.25, 0.3) is 0 Å². The van der Waals surface area contributed by atoms with E-state index in [1.54, 1.807) is 11.9 Å². The summed E-state index contributed by atoms with van der Waals surface area (Å²) in [5.74, 6) is 0.188. The van der Waals surface area contributed by atoms with E-state index in [1.165, 1.54) is 12.1 Å². The van der Waals surface area contributed by atoms with Crippen LogP contribution >= 0.6 is 0 Å². The van der Waals surface area contributed by atoms with Gasteiger partial charge in [0.15, 0.2) is 0 Å². The van der Waals surface area contributed by atoms with E-state index in [0.29, 0.717) is 18.2 Å². The van der Waals surface area contributed by atoms with E-state index in [1.807, 2.05) is 6.92 Å². The maximum absolute atomic E-state index is 10.9. The third-order valence-electron chi connectivity index (χ3n) is 2.32. The first-order chi connectivity index (χ1) is 8.47. The van der Waals surface area contributed by atoms with Crippen LogP contribution in [-0.2, 0) is 4.79 Å². The predicted octanol–water partition coefficient (Wildman–Crippen LogP) is 0.343. The molecule has 1 heterocycles. The zero-order valence-corrected chi connectivity index (χ0v) is 10.2. The van der Waals surface area contributed by atoms with Gasteiger partial charge in [-0.05, 0) is 6.92 Å². The molecule has 0 spiro atoms. The molecule has 3 N–H and O–H groups in total. The molecule has 0 aliphatic carbocycles. The zero-order valence-electron chi connectivity index (χ0n) is 10.2. The smallest absolute Gasteiger partial charge is 0.276 e. The normalized spacial score (nSPS) is 9.89. The van der Waals surface area contributed by atoms with Gasteiger partial charge >= 0.3 is 0 Å². The molecule has 1 aromatic rings. The first-order valence-electron chi connectivity index (χ1n) is 5.35. The summed E-state index contributed by atoms with van der Waals surface area (Å²) in [6.07, 6.45) is 0. The van der Waals surface area contributed by atoms with Gasteiger partial charge in [0.25, 0.3) is 5.69 Å². The van der Waals surface area contributed by atoms with E-state index < -0.39 is 10.8 Å². The quantitative estimate of drug-likeness (QED) is 0.558. The highest BCUT2D eigenvalue weighted by Crippen LogP contribution is 2.22. The summed E-state index contributed by atoms with van der Waals surface area (Å²) in [6, 6.07) is 2.63. The molecule has 0 bridgehead atoms. The highest BCUT2D eigenvalue weighted by atomic mass is 16.6. The average Bonchev–Trinajstić information content (AvgIpc) is 2.34. The summed E-state index contributed by atoms with van der Waals surface area (Å²) in [6.45, 7) is 2.25. The number of amides is 1. The fraction of sp³-hybridized carbons (Fsp3) is 0.400. The molecule has 8 nitrogen and oxygen atoms in total. The summed E-state index contributed by atoms with van der Waals surface area (Å²) < 4.78 is 0. The summed E-state index contributed by atoms with van der Waals surface area (Å²) in [5.41, 5.74) is 5.03. The Morgan fingerprint density at radius 3 is 2.72 bits per heavy atom. The van der Waals surface area contributed by atoms with Gasteiger partial charge in [0.1, 0.15) is 11.6 Å². The Labute approximate surface area is 104 Å². The van der Waals surface area contributed by atoms with Crippen LogP contribution < -0.4 is 16.0 Å². The molecule has 1 aromatic heterocycles. The van der Waals surface area contributed by atoms with Crippen molar-refractivity contribution in [3.05, 3.63) is 22.2 Å². The summed E-state index contributed by atoms with van der Waals surface area (Å²) in [5, 5.41) is 13.5. The first-order valence-corrected chi connectivity index (χ1v) is 5.35. The lowest BCUT2D eigenvalue weighted by atomic mass is 10.3. The molecule has 0 unspecified atom stereocenters. The lowest BCUT2D eigenvalue weighted by Crippen LogP contribution is -2.34. The molecule has 0 aliphatic heterocycles. The molecule has 0 aromatic carbocycles. The van der Waals surface area contributed by atoms with Crippen LogP contribution in [0.1, 0.15) is 6.92 Å². The number of anilines is 2. The number of hydrogen-bond acceptors (Lipinski definition) is 6. The number of rotatable bonds is 6. The Morgan fingerprint density at radius 1 is 1.61 bits per heavy atom. The van der Waals surface area contributed by atoms with Crippen molar-refractivity contribution >= 4 is 23.2 Å². The maximum Gasteiger partial charge on any atom is 0.276 e. The van der Waals surface area contributed by atoms with Gasteiger partial charge in [-0.2, -0.15) is 0 Å². The van der Waals surface area contributed by atoms with Crippen LogP contribution in [0.2, 0.25) is 0 Å². The molecule has 0 saturated heterocycles. The van der Waals surface area contributed by atoms with E-state index >= 15 is 0 Å². The molecular weight excluding hydrogens is 238 g/mol. The number of nitrogens with one attached hydrogen (secondary N) is 1. The average molecular weight is 253 g/mol. The predicted molar refractivity (Wildman–Crippen MR) is 67.5 cm³/mol. The molecule has 0 aliphatic rings. The van der Waals surface area contributed by atoms with Crippen molar-refractivity contribution < 1.29 is 9.72 Å². The fourth-order valence-corrected chi connectivity index (χ4v) is 1.44. The van der Waals surface area contributed by atoms with E-state index in [-0.39, 0.29) is 12.2 Å². The lowest BCUT2D eigenvalue weighted by Gasteiger charge is -2.20. The number of nitrogens with two attached hydrogens (primary N) is 1.